The Morgan fingerprint density at radius 3 is 2.37 bits per heavy atom. The largest absolute Gasteiger partial charge is 0.478 e. The quantitative estimate of drug-likeness (QED) is 0.883. The summed E-state index contributed by atoms with van der Waals surface area (Å²) < 4.78 is 25.6. The SMILES string of the molecule is O=C(O)c1cccc(-c2ccc(C(F)F)c(Br)c2)c1. The first-order valence-corrected chi connectivity index (χ1v) is 6.19. The molecule has 1 N–H and O–H groups in total. The minimum Gasteiger partial charge on any atom is -0.478 e. The van der Waals surface area contributed by atoms with Crippen LogP contribution in [-0.4, -0.2) is 11.1 Å². The van der Waals surface area contributed by atoms with Crippen molar-refractivity contribution in [3.8, 4) is 11.1 Å². The van der Waals surface area contributed by atoms with E-state index < -0.39 is 12.4 Å². The molecule has 0 saturated carbocycles. The van der Waals surface area contributed by atoms with Gasteiger partial charge in [0.2, 0.25) is 0 Å². The first-order valence-electron chi connectivity index (χ1n) is 5.40. The lowest BCUT2D eigenvalue weighted by Gasteiger charge is -2.07. The normalized spacial score (nSPS) is 10.7. The van der Waals surface area contributed by atoms with Crippen molar-refractivity contribution in [2.24, 2.45) is 0 Å². The van der Waals surface area contributed by atoms with E-state index in [-0.39, 0.29) is 11.1 Å². The van der Waals surface area contributed by atoms with Crippen molar-refractivity contribution in [2.45, 2.75) is 6.43 Å². The third kappa shape index (κ3) is 2.98. The number of carboxylic acid groups (broad SMARTS) is 1. The van der Waals surface area contributed by atoms with Gasteiger partial charge in [-0.1, -0.05) is 40.2 Å². The van der Waals surface area contributed by atoms with Gasteiger partial charge in [0.25, 0.3) is 6.43 Å². The number of aromatic carboxylic acids is 1. The first-order chi connectivity index (χ1) is 8.99. The highest BCUT2D eigenvalue weighted by atomic mass is 79.9. The Morgan fingerprint density at radius 1 is 1.11 bits per heavy atom. The van der Waals surface area contributed by atoms with Crippen LogP contribution in [0.5, 0.6) is 0 Å². The standard InChI is InChI=1S/C14H9BrF2O2/c15-12-7-9(4-5-11(12)13(16)17)8-2-1-3-10(6-8)14(18)19/h1-7,13H,(H,18,19). The Kier molecular flexibility index (Phi) is 3.95. The molecule has 19 heavy (non-hydrogen) atoms. The van der Waals surface area contributed by atoms with Crippen LogP contribution in [-0.2, 0) is 0 Å². The van der Waals surface area contributed by atoms with E-state index in [1.807, 2.05) is 0 Å². The van der Waals surface area contributed by atoms with Gasteiger partial charge in [-0.25, -0.2) is 13.6 Å². The molecule has 0 spiro atoms. The smallest absolute Gasteiger partial charge is 0.335 e. The minimum absolute atomic E-state index is 0.0851. The Balaban J connectivity index is 2.45. The predicted octanol–water partition coefficient (Wildman–Crippen LogP) is 4.75. The lowest BCUT2D eigenvalue weighted by Crippen LogP contribution is -1.96. The second kappa shape index (κ2) is 5.48. The summed E-state index contributed by atoms with van der Waals surface area (Å²) in [6.07, 6.45) is -2.55. The van der Waals surface area contributed by atoms with Crippen LogP contribution in [0.1, 0.15) is 22.3 Å². The van der Waals surface area contributed by atoms with Crippen LogP contribution in [0.3, 0.4) is 0 Å². The number of benzene rings is 2. The summed E-state index contributed by atoms with van der Waals surface area (Å²) in [4.78, 5) is 10.9. The third-order valence-corrected chi connectivity index (χ3v) is 3.37. The molecule has 2 aromatic rings. The molecule has 2 nitrogen and oxygen atoms in total. The van der Waals surface area contributed by atoms with E-state index in [1.54, 1.807) is 24.3 Å². The van der Waals surface area contributed by atoms with Crippen molar-refractivity contribution in [3.05, 3.63) is 58.1 Å². The van der Waals surface area contributed by atoms with Crippen LogP contribution >= 0.6 is 15.9 Å². The Morgan fingerprint density at radius 2 is 1.79 bits per heavy atom. The maximum Gasteiger partial charge on any atom is 0.335 e. The molecular formula is C14H9BrF2O2. The molecule has 98 valence electrons. The second-order valence-electron chi connectivity index (χ2n) is 3.92. The first kappa shape index (κ1) is 13.7. The van der Waals surface area contributed by atoms with Gasteiger partial charge in [-0.2, -0.15) is 0 Å². The van der Waals surface area contributed by atoms with E-state index >= 15 is 0 Å². The summed E-state index contributed by atoms with van der Waals surface area (Å²) in [6, 6.07) is 10.8. The molecule has 0 radical (unpaired) electrons. The van der Waals surface area contributed by atoms with Gasteiger partial charge in [-0.15, -0.1) is 0 Å². The van der Waals surface area contributed by atoms with E-state index in [9.17, 15) is 13.6 Å². The van der Waals surface area contributed by atoms with Gasteiger partial charge < -0.3 is 5.11 Å². The lowest BCUT2D eigenvalue weighted by molar-refractivity contribution is 0.0697. The highest BCUT2D eigenvalue weighted by Gasteiger charge is 2.12. The average molecular weight is 327 g/mol. The predicted molar refractivity (Wildman–Crippen MR) is 71.5 cm³/mol. The molecule has 0 aliphatic heterocycles. The van der Waals surface area contributed by atoms with Crippen LogP contribution in [0.15, 0.2) is 46.9 Å². The molecule has 2 aromatic carbocycles. The number of carbonyl (C=O) groups is 1. The molecule has 0 amide bonds. The molecule has 0 fully saturated rings. The van der Waals surface area contributed by atoms with Crippen LogP contribution in [0.2, 0.25) is 0 Å². The number of rotatable bonds is 3. The van der Waals surface area contributed by atoms with Gasteiger partial charge in [0.05, 0.1) is 5.56 Å². The van der Waals surface area contributed by atoms with Crippen LogP contribution < -0.4 is 0 Å². The van der Waals surface area contributed by atoms with Crippen molar-refractivity contribution in [2.75, 3.05) is 0 Å². The van der Waals surface area contributed by atoms with Crippen molar-refractivity contribution in [1.29, 1.82) is 0 Å². The van der Waals surface area contributed by atoms with E-state index in [0.29, 0.717) is 15.6 Å². The fourth-order valence-corrected chi connectivity index (χ4v) is 2.27. The average Bonchev–Trinajstić information content (AvgIpc) is 2.38. The molecular weight excluding hydrogens is 318 g/mol. The van der Waals surface area contributed by atoms with Gasteiger partial charge in [-0.3, -0.25) is 0 Å². The van der Waals surface area contributed by atoms with E-state index in [0.717, 1.165) is 0 Å². The zero-order chi connectivity index (χ0) is 14.0. The number of hydrogen-bond acceptors (Lipinski definition) is 1. The summed E-state index contributed by atoms with van der Waals surface area (Å²) in [5, 5.41) is 8.92. The van der Waals surface area contributed by atoms with E-state index in [4.69, 9.17) is 5.11 Å². The fourth-order valence-electron chi connectivity index (χ4n) is 1.72. The molecule has 0 aliphatic rings. The third-order valence-electron chi connectivity index (χ3n) is 2.68. The van der Waals surface area contributed by atoms with Gasteiger partial charge in [0, 0.05) is 10.0 Å². The molecule has 2 rings (SSSR count). The van der Waals surface area contributed by atoms with E-state index in [2.05, 4.69) is 15.9 Å². The van der Waals surface area contributed by atoms with Crippen LogP contribution in [0, 0.1) is 0 Å². The molecule has 0 bridgehead atoms. The van der Waals surface area contributed by atoms with Gasteiger partial charge in [0.1, 0.15) is 0 Å². The van der Waals surface area contributed by atoms with Gasteiger partial charge in [-0.05, 0) is 29.3 Å². The summed E-state index contributed by atoms with van der Waals surface area (Å²) in [7, 11) is 0. The maximum atomic E-state index is 12.6. The monoisotopic (exact) mass is 326 g/mol. The van der Waals surface area contributed by atoms with Crippen molar-refractivity contribution >= 4 is 21.9 Å². The number of halogens is 3. The molecule has 0 saturated heterocycles. The number of alkyl halides is 2. The minimum atomic E-state index is -2.55. The molecule has 0 heterocycles. The summed E-state index contributed by atoms with van der Waals surface area (Å²) in [6.45, 7) is 0. The van der Waals surface area contributed by atoms with Crippen molar-refractivity contribution in [1.82, 2.24) is 0 Å². The highest BCUT2D eigenvalue weighted by molar-refractivity contribution is 9.10. The molecule has 0 aromatic heterocycles. The van der Waals surface area contributed by atoms with Crippen molar-refractivity contribution < 1.29 is 18.7 Å². The Hall–Kier alpha value is -1.75. The van der Waals surface area contributed by atoms with Crippen LogP contribution in [0.4, 0.5) is 8.78 Å². The lowest BCUT2D eigenvalue weighted by atomic mass is 10.0. The number of hydrogen-bond donors (Lipinski definition) is 1. The zero-order valence-electron chi connectivity index (χ0n) is 9.61. The van der Waals surface area contributed by atoms with Crippen molar-refractivity contribution in [3.63, 3.8) is 0 Å². The highest BCUT2D eigenvalue weighted by Crippen LogP contribution is 2.31. The number of carboxylic acids is 1. The molecule has 0 unspecified atom stereocenters. The molecule has 5 heteroatoms. The van der Waals surface area contributed by atoms with Gasteiger partial charge in [0.15, 0.2) is 0 Å². The summed E-state index contributed by atoms with van der Waals surface area (Å²) in [5.41, 5.74) is 1.42. The fraction of sp³-hybridized carbons (Fsp3) is 0.0714. The molecule has 0 aliphatic carbocycles. The molecule has 0 atom stereocenters. The Bertz CT molecular complexity index is 627. The second-order valence-corrected chi connectivity index (χ2v) is 4.78. The summed E-state index contributed by atoms with van der Waals surface area (Å²) >= 11 is 3.10. The maximum absolute atomic E-state index is 12.6. The summed E-state index contributed by atoms with van der Waals surface area (Å²) in [5.74, 6) is -1.02. The zero-order valence-corrected chi connectivity index (χ0v) is 11.2. The van der Waals surface area contributed by atoms with Crippen LogP contribution in [0.25, 0.3) is 11.1 Å². The van der Waals surface area contributed by atoms with Gasteiger partial charge >= 0.3 is 5.97 Å². The Labute approximate surface area is 116 Å². The van der Waals surface area contributed by atoms with E-state index in [1.165, 1.54) is 18.2 Å². The topological polar surface area (TPSA) is 37.3 Å².